The summed E-state index contributed by atoms with van der Waals surface area (Å²) in [6, 6.07) is 13.4. The summed E-state index contributed by atoms with van der Waals surface area (Å²) >= 11 is 0. The van der Waals surface area contributed by atoms with Gasteiger partial charge in [0.25, 0.3) is 5.91 Å². The number of anilines is 1. The van der Waals surface area contributed by atoms with Crippen molar-refractivity contribution in [1.29, 1.82) is 0 Å². The van der Waals surface area contributed by atoms with Crippen LogP contribution in [0.1, 0.15) is 5.56 Å². The van der Waals surface area contributed by atoms with Crippen LogP contribution < -0.4 is 15.8 Å². The first-order chi connectivity index (χ1) is 10.2. The Bertz CT molecular complexity index is 617. The van der Waals surface area contributed by atoms with Gasteiger partial charge in [0.2, 0.25) is 0 Å². The number of para-hydroxylation sites is 2. The number of halogens is 1. The molecule has 0 aliphatic heterocycles. The third-order valence-corrected chi connectivity index (χ3v) is 2.89. The molecule has 5 heteroatoms. The molecule has 0 saturated carbocycles. The number of nitrogens with one attached hydrogen (secondary N) is 1. The van der Waals surface area contributed by atoms with Crippen molar-refractivity contribution in [3.8, 4) is 5.75 Å². The van der Waals surface area contributed by atoms with Crippen molar-refractivity contribution in [2.45, 2.75) is 6.42 Å². The van der Waals surface area contributed by atoms with Gasteiger partial charge in [0.05, 0.1) is 5.69 Å². The highest BCUT2D eigenvalue weighted by atomic mass is 19.1. The van der Waals surface area contributed by atoms with E-state index in [1.165, 1.54) is 12.1 Å². The Labute approximate surface area is 122 Å². The lowest BCUT2D eigenvalue weighted by atomic mass is 10.1. The third-order valence-electron chi connectivity index (χ3n) is 2.89. The zero-order chi connectivity index (χ0) is 15.1. The zero-order valence-corrected chi connectivity index (χ0v) is 11.5. The first-order valence-electron chi connectivity index (χ1n) is 6.66. The molecule has 2 aromatic carbocycles. The maximum atomic E-state index is 13.4. The van der Waals surface area contributed by atoms with E-state index in [0.29, 0.717) is 18.7 Å². The molecule has 0 aliphatic rings. The number of carbonyl (C=O) groups is 1. The van der Waals surface area contributed by atoms with Gasteiger partial charge >= 0.3 is 0 Å². The molecule has 21 heavy (non-hydrogen) atoms. The van der Waals surface area contributed by atoms with E-state index in [1.54, 1.807) is 18.2 Å². The lowest BCUT2D eigenvalue weighted by Gasteiger charge is -2.11. The Morgan fingerprint density at radius 3 is 2.62 bits per heavy atom. The minimum atomic E-state index is -0.477. The molecule has 0 bridgehead atoms. The monoisotopic (exact) mass is 288 g/mol. The maximum Gasteiger partial charge on any atom is 0.262 e. The standard InChI is InChI=1S/C16H17FN2O2/c17-13-6-2-3-7-14(13)19-16(20)11-21-15-8-4-1-5-12(15)9-10-18/h1-8H,9-11,18H2,(H,19,20). The van der Waals surface area contributed by atoms with E-state index in [2.05, 4.69) is 5.32 Å². The first-order valence-corrected chi connectivity index (χ1v) is 6.66. The molecule has 4 nitrogen and oxygen atoms in total. The van der Waals surface area contributed by atoms with E-state index in [9.17, 15) is 9.18 Å². The predicted molar refractivity (Wildman–Crippen MR) is 79.7 cm³/mol. The number of rotatable bonds is 6. The second kappa shape index (κ2) is 7.40. The molecule has 110 valence electrons. The summed E-state index contributed by atoms with van der Waals surface area (Å²) in [4.78, 5) is 11.8. The fourth-order valence-electron chi connectivity index (χ4n) is 1.90. The molecular weight excluding hydrogens is 271 g/mol. The van der Waals surface area contributed by atoms with Gasteiger partial charge in [-0.1, -0.05) is 30.3 Å². The van der Waals surface area contributed by atoms with E-state index in [4.69, 9.17) is 10.5 Å². The van der Waals surface area contributed by atoms with E-state index in [0.717, 1.165) is 5.56 Å². The molecule has 0 unspecified atom stereocenters. The van der Waals surface area contributed by atoms with E-state index < -0.39 is 11.7 Å². The molecule has 2 aromatic rings. The van der Waals surface area contributed by atoms with Crippen molar-refractivity contribution in [2.24, 2.45) is 5.73 Å². The second-order valence-corrected chi connectivity index (χ2v) is 4.46. The first kappa shape index (κ1) is 15.0. The lowest BCUT2D eigenvalue weighted by molar-refractivity contribution is -0.118. The summed E-state index contributed by atoms with van der Waals surface area (Å²) < 4.78 is 18.9. The van der Waals surface area contributed by atoms with Gasteiger partial charge in [-0.05, 0) is 36.7 Å². The molecule has 0 heterocycles. The number of benzene rings is 2. The number of nitrogens with two attached hydrogens (primary N) is 1. The van der Waals surface area contributed by atoms with Crippen LogP contribution in [-0.4, -0.2) is 19.1 Å². The molecule has 0 aliphatic carbocycles. The van der Waals surface area contributed by atoms with Crippen LogP contribution in [0.4, 0.5) is 10.1 Å². The Balaban J connectivity index is 1.94. The second-order valence-electron chi connectivity index (χ2n) is 4.46. The molecule has 1 amide bonds. The van der Waals surface area contributed by atoms with Crippen molar-refractivity contribution in [2.75, 3.05) is 18.5 Å². The summed E-state index contributed by atoms with van der Waals surface area (Å²) in [6.07, 6.45) is 0.672. The van der Waals surface area contributed by atoms with Gasteiger partial charge in [0, 0.05) is 0 Å². The zero-order valence-electron chi connectivity index (χ0n) is 11.5. The highest BCUT2D eigenvalue weighted by Gasteiger charge is 2.08. The van der Waals surface area contributed by atoms with Gasteiger partial charge < -0.3 is 15.8 Å². The van der Waals surface area contributed by atoms with Crippen LogP contribution in [0, 0.1) is 5.82 Å². The predicted octanol–water partition coefficient (Wildman–Crippen LogP) is 2.34. The third kappa shape index (κ3) is 4.29. The lowest BCUT2D eigenvalue weighted by Crippen LogP contribution is -2.21. The molecule has 0 atom stereocenters. The highest BCUT2D eigenvalue weighted by molar-refractivity contribution is 5.91. The van der Waals surface area contributed by atoms with Gasteiger partial charge in [-0.25, -0.2) is 4.39 Å². The van der Waals surface area contributed by atoms with Crippen LogP contribution in [0.25, 0.3) is 0 Å². The quantitative estimate of drug-likeness (QED) is 0.857. The average Bonchev–Trinajstić information content (AvgIpc) is 2.49. The van der Waals surface area contributed by atoms with Gasteiger partial charge in [-0.15, -0.1) is 0 Å². The van der Waals surface area contributed by atoms with Crippen LogP contribution in [0.15, 0.2) is 48.5 Å². The molecule has 0 radical (unpaired) electrons. The molecule has 0 aromatic heterocycles. The Kier molecular flexibility index (Phi) is 5.29. The van der Waals surface area contributed by atoms with Crippen LogP contribution >= 0.6 is 0 Å². The van der Waals surface area contributed by atoms with Gasteiger partial charge in [0.1, 0.15) is 11.6 Å². The summed E-state index contributed by atoms with van der Waals surface area (Å²) in [7, 11) is 0. The van der Waals surface area contributed by atoms with Crippen molar-refractivity contribution in [3.05, 3.63) is 59.9 Å². The van der Waals surface area contributed by atoms with Crippen LogP contribution in [0.2, 0.25) is 0 Å². The van der Waals surface area contributed by atoms with Gasteiger partial charge in [-0.2, -0.15) is 0 Å². The van der Waals surface area contributed by atoms with Crippen molar-refractivity contribution in [3.63, 3.8) is 0 Å². The molecule has 2 rings (SSSR count). The largest absolute Gasteiger partial charge is 0.483 e. The number of ether oxygens (including phenoxy) is 1. The van der Waals surface area contributed by atoms with Crippen LogP contribution in [0.3, 0.4) is 0 Å². The fraction of sp³-hybridized carbons (Fsp3) is 0.188. The van der Waals surface area contributed by atoms with Crippen LogP contribution in [0.5, 0.6) is 5.75 Å². The fourth-order valence-corrected chi connectivity index (χ4v) is 1.90. The smallest absolute Gasteiger partial charge is 0.262 e. The summed E-state index contributed by atoms with van der Waals surface area (Å²) in [5.41, 5.74) is 6.61. The Morgan fingerprint density at radius 1 is 1.14 bits per heavy atom. The molecule has 0 fully saturated rings. The van der Waals surface area contributed by atoms with E-state index in [-0.39, 0.29) is 12.3 Å². The van der Waals surface area contributed by atoms with Crippen molar-refractivity contribution in [1.82, 2.24) is 0 Å². The summed E-state index contributed by atoms with van der Waals surface area (Å²) in [6.45, 7) is 0.317. The molecule has 0 saturated heterocycles. The van der Waals surface area contributed by atoms with Gasteiger partial charge in [0.15, 0.2) is 6.61 Å². The van der Waals surface area contributed by atoms with Crippen LogP contribution in [-0.2, 0) is 11.2 Å². The Hall–Kier alpha value is -2.40. The van der Waals surface area contributed by atoms with E-state index >= 15 is 0 Å². The van der Waals surface area contributed by atoms with Crippen molar-refractivity contribution >= 4 is 11.6 Å². The van der Waals surface area contributed by atoms with E-state index in [1.807, 2.05) is 18.2 Å². The molecular formula is C16H17FN2O2. The SMILES string of the molecule is NCCc1ccccc1OCC(=O)Nc1ccccc1F. The average molecular weight is 288 g/mol. The normalized spacial score (nSPS) is 10.2. The number of amides is 1. The molecule has 3 N–H and O–H groups in total. The maximum absolute atomic E-state index is 13.4. The topological polar surface area (TPSA) is 64.3 Å². The number of hydrogen-bond acceptors (Lipinski definition) is 3. The minimum Gasteiger partial charge on any atom is -0.483 e. The summed E-state index contributed by atoms with van der Waals surface area (Å²) in [5, 5.41) is 2.47. The molecule has 0 spiro atoms. The van der Waals surface area contributed by atoms with Gasteiger partial charge in [-0.3, -0.25) is 4.79 Å². The minimum absolute atomic E-state index is 0.140. The van der Waals surface area contributed by atoms with Crippen molar-refractivity contribution < 1.29 is 13.9 Å². The highest BCUT2D eigenvalue weighted by Crippen LogP contribution is 2.18. The summed E-state index contributed by atoms with van der Waals surface area (Å²) in [5.74, 6) is -0.274. The number of carbonyl (C=O) groups excluding carboxylic acids is 1. The number of hydrogen-bond donors (Lipinski definition) is 2. The Morgan fingerprint density at radius 2 is 1.86 bits per heavy atom.